The van der Waals surface area contributed by atoms with Crippen LogP contribution in [0.3, 0.4) is 0 Å². The Hall–Kier alpha value is -2.58. The average molecular weight is 474 g/mol. The maximum Gasteiger partial charge on any atom is 0.269 e. The topological polar surface area (TPSA) is 64.8 Å². The fourth-order valence-corrected chi connectivity index (χ4v) is 5.34. The van der Waals surface area contributed by atoms with E-state index in [-0.39, 0.29) is 4.90 Å². The lowest BCUT2D eigenvalue weighted by Gasteiger charge is -2.12. The number of nitrogens with zero attached hydrogens (tertiary/aromatic N) is 3. The van der Waals surface area contributed by atoms with Gasteiger partial charge in [-0.05, 0) is 59.1 Å². The second-order valence-electron chi connectivity index (χ2n) is 6.65. The summed E-state index contributed by atoms with van der Waals surface area (Å²) in [5.41, 5.74) is 2.99. The Labute approximate surface area is 176 Å². The second-order valence-corrected chi connectivity index (χ2v) is 9.35. The second kappa shape index (κ2) is 7.35. The molecular weight excluding hydrogens is 457 g/mol. The molecule has 0 bridgehead atoms. The molecule has 8 heteroatoms. The molecule has 29 heavy (non-hydrogen) atoms. The summed E-state index contributed by atoms with van der Waals surface area (Å²) in [4.78, 5) is 8.18. The predicted octanol–water partition coefficient (Wildman–Crippen LogP) is 5.11. The van der Waals surface area contributed by atoms with E-state index in [0.717, 1.165) is 5.56 Å². The Balaban J connectivity index is 2.11. The third kappa shape index (κ3) is 3.36. The van der Waals surface area contributed by atoms with Gasteiger partial charge in [0.2, 0.25) is 5.95 Å². The maximum absolute atomic E-state index is 13.9. The molecule has 0 aliphatic heterocycles. The van der Waals surface area contributed by atoms with Crippen LogP contribution in [0.25, 0.3) is 22.2 Å². The fourth-order valence-electron chi connectivity index (χ4n) is 3.44. The van der Waals surface area contributed by atoms with Crippen LogP contribution in [0.1, 0.15) is 18.2 Å². The third-order valence-electron chi connectivity index (χ3n) is 4.74. The van der Waals surface area contributed by atoms with Gasteiger partial charge in [0, 0.05) is 39.6 Å². The molecule has 0 fully saturated rings. The van der Waals surface area contributed by atoms with Gasteiger partial charge in [-0.25, -0.2) is 22.4 Å². The van der Waals surface area contributed by atoms with E-state index in [0.29, 0.717) is 38.7 Å². The summed E-state index contributed by atoms with van der Waals surface area (Å²) in [5, 5.41) is 0.623. The zero-order valence-corrected chi connectivity index (χ0v) is 18.1. The number of hydrogen-bond acceptors (Lipinski definition) is 4. The molecule has 4 rings (SSSR count). The van der Waals surface area contributed by atoms with E-state index in [9.17, 15) is 12.8 Å². The van der Waals surface area contributed by atoms with Crippen LogP contribution in [0.4, 0.5) is 4.39 Å². The SMILES string of the molecule is CCc1c(-c2ccnc(F)c2)c2cc(Br)cnc2n1S(=O)(=O)c1ccc(C)cc1. The molecule has 148 valence electrons. The van der Waals surface area contributed by atoms with Crippen molar-refractivity contribution in [2.75, 3.05) is 0 Å². The van der Waals surface area contributed by atoms with Crippen LogP contribution in [-0.2, 0) is 16.4 Å². The van der Waals surface area contributed by atoms with Crippen molar-refractivity contribution >= 4 is 37.0 Å². The standard InChI is InChI=1S/C21H17BrFN3O2S/c1-3-18-20(14-8-9-24-19(23)10-14)17-11-15(22)12-25-21(17)26(18)29(27,28)16-6-4-13(2)5-7-16/h4-12H,3H2,1-2H3. The molecule has 0 amide bonds. The molecule has 0 unspecified atom stereocenters. The Morgan fingerprint density at radius 2 is 1.83 bits per heavy atom. The number of hydrogen-bond donors (Lipinski definition) is 0. The minimum atomic E-state index is -3.91. The summed E-state index contributed by atoms with van der Waals surface area (Å²) < 4.78 is 42.9. The Kier molecular flexibility index (Phi) is 5.00. The Morgan fingerprint density at radius 1 is 1.10 bits per heavy atom. The average Bonchev–Trinajstić information content (AvgIpc) is 3.02. The highest BCUT2D eigenvalue weighted by Gasteiger charge is 2.28. The number of benzene rings is 1. The smallest absolute Gasteiger partial charge is 0.236 e. The van der Waals surface area contributed by atoms with Crippen molar-refractivity contribution in [2.45, 2.75) is 25.2 Å². The number of aromatic nitrogens is 3. The number of fused-ring (bicyclic) bond motifs is 1. The third-order valence-corrected chi connectivity index (χ3v) is 6.91. The zero-order chi connectivity index (χ0) is 20.8. The molecule has 0 aliphatic carbocycles. The first-order chi connectivity index (χ1) is 13.8. The number of pyridine rings is 2. The van der Waals surface area contributed by atoms with Gasteiger partial charge in [0.1, 0.15) is 0 Å². The van der Waals surface area contributed by atoms with E-state index in [1.165, 1.54) is 16.2 Å². The Bertz CT molecular complexity index is 1330. The number of halogens is 2. The molecule has 4 aromatic rings. The monoisotopic (exact) mass is 473 g/mol. The van der Waals surface area contributed by atoms with Crippen LogP contribution in [-0.4, -0.2) is 22.4 Å². The molecule has 0 aliphatic rings. The van der Waals surface area contributed by atoms with Gasteiger partial charge in [0.05, 0.1) is 4.90 Å². The van der Waals surface area contributed by atoms with Gasteiger partial charge in [-0.2, -0.15) is 4.39 Å². The molecule has 3 aromatic heterocycles. The Morgan fingerprint density at radius 3 is 2.48 bits per heavy atom. The van der Waals surface area contributed by atoms with Crippen LogP contribution in [0.15, 0.2) is 64.2 Å². The van der Waals surface area contributed by atoms with Crippen molar-refractivity contribution in [3.63, 3.8) is 0 Å². The zero-order valence-electron chi connectivity index (χ0n) is 15.7. The van der Waals surface area contributed by atoms with Gasteiger partial charge < -0.3 is 0 Å². The summed E-state index contributed by atoms with van der Waals surface area (Å²) in [7, 11) is -3.91. The molecule has 5 nitrogen and oxygen atoms in total. The highest BCUT2D eigenvalue weighted by molar-refractivity contribution is 9.10. The lowest BCUT2D eigenvalue weighted by atomic mass is 10.0. The van der Waals surface area contributed by atoms with Gasteiger partial charge in [-0.3, -0.25) is 0 Å². The largest absolute Gasteiger partial charge is 0.269 e. The van der Waals surface area contributed by atoms with Gasteiger partial charge >= 0.3 is 0 Å². The number of rotatable bonds is 4. The quantitative estimate of drug-likeness (QED) is 0.386. The lowest BCUT2D eigenvalue weighted by molar-refractivity contribution is 0.584. The van der Waals surface area contributed by atoms with E-state index < -0.39 is 16.0 Å². The van der Waals surface area contributed by atoms with Crippen molar-refractivity contribution in [1.29, 1.82) is 0 Å². The first-order valence-corrected chi connectivity index (χ1v) is 11.2. The molecule has 0 saturated heterocycles. The summed E-state index contributed by atoms with van der Waals surface area (Å²) >= 11 is 3.41. The van der Waals surface area contributed by atoms with Gasteiger partial charge in [-0.1, -0.05) is 24.6 Å². The van der Waals surface area contributed by atoms with Gasteiger partial charge in [-0.15, -0.1) is 0 Å². The summed E-state index contributed by atoms with van der Waals surface area (Å²) in [6, 6.07) is 11.5. The first kappa shape index (κ1) is 19.7. The van der Waals surface area contributed by atoms with Crippen LogP contribution >= 0.6 is 15.9 Å². The van der Waals surface area contributed by atoms with E-state index in [1.807, 2.05) is 13.8 Å². The lowest BCUT2D eigenvalue weighted by Crippen LogP contribution is -2.16. The molecule has 0 radical (unpaired) electrons. The highest BCUT2D eigenvalue weighted by Crippen LogP contribution is 2.38. The van der Waals surface area contributed by atoms with Gasteiger partial charge in [0.15, 0.2) is 5.65 Å². The predicted molar refractivity (Wildman–Crippen MR) is 114 cm³/mol. The van der Waals surface area contributed by atoms with Crippen LogP contribution in [0.5, 0.6) is 0 Å². The molecule has 3 heterocycles. The maximum atomic E-state index is 13.9. The minimum Gasteiger partial charge on any atom is -0.236 e. The van der Waals surface area contributed by atoms with E-state index in [1.54, 1.807) is 42.6 Å². The fraction of sp³-hybridized carbons (Fsp3) is 0.143. The normalized spacial score (nSPS) is 11.9. The van der Waals surface area contributed by atoms with Crippen LogP contribution in [0.2, 0.25) is 0 Å². The van der Waals surface area contributed by atoms with Crippen molar-refractivity contribution in [3.8, 4) is 11.1 Å². The molecule has 0 N–H and O–H groups in total. The minimum absolute atomic E-state index is 0.173. The summed E-state index contributed by atoms with van der Waals surface area (Å²) in [6.07, 6.45) is 3.34. The molecule has 0 spiro atoms. The summed E-state index contributed by atoms with van der Waals surface area (Å²) in [5.74, 6) is -0.630. The highest BCUT2D eigenvalue weighted by atomic mass is 79.9. The van der Waals surface area contributed by atoms with Crippen LogP contribution in [0, 0.1) is 12.9 Å². The molecule has 0 saturated carbocycles. The van der Waals surface area contributed by atoms with E-state index >= 15 is 0 Å². The van der Waals surface area contributed by atoms with E-state index in [2.05, 4.69) is 25.9 Å². The van der Waals surface area contributed by atoms with E-state index in [4.69, 9.17) is 0 Å². The molecular formula is C21H17BrFN3O2S. The van der Waals surface area contributed by atoms with Crippen molar-refractivity contribution in [3.05, 3.63) is 76.5 Å². The molecule has 0 atom stereocenters. The number of aryl methyl sites for hydroxylation is 1. The van der Waals surface area contributed by atoms with Crippen molar-refractivity contribution in [2.24, 2.45) is 0 Å². The van der Waals surface area contributed by atoms with Crippen molar-refractivity contribution in [1.82, 2.24) is 13.9 Å². The van der Waals surface area contributed by atoms with Crippen LogP contribution < -0.4 is 0 Å². The first-order valence-electron chi connectivity index (χ1n) is 8.96. The van der Waals surface area contributed by atoms with Gasteiger partial charge in [0.25, 0.3) is 10.0 Å². The summed E-state index contributed by atoms with van der Waals surface area (Å²) in [6.45, 7) is 3.76. The van der Waals surface area contributed by atoms with Crippen molar-refractivity contribution < 1.29 is 12.8 Å². The molecule has 1 aromatic carbocycles.